The van der Waals surface area contributed by atoms with E-state index in [0.717, 1.165) is 29.2 Å². The first-order valence-corrected chi connectivity index (χ1v) is 10.1. The van der Waals surface area contributed by atoms with Crippen LogP contribution in [-0.2, 0) is 4.79 Å². The molecule has 0 saturated carbocycles. The summed E-state index contributed by atoms with van der Waals surface area (Å²) in [5, 5.41) is 0. The lowest BCUT2D eigenvalue weighted by Crippen LogP contribution is -2.22. The number of nitrogens with zero attached hydrogens (tertiary/aromatic N) is 2. The van der Waals surface area contributed by atoms with Gasteiger partial charge in [0, 0.05) is 25.0 Å². The maximum atomic E-state index is 12.1. The van der Waals surface area contributed by atoms with Gasteiger partial charge in [0.05, 0.1) is 11.5 Å². The SMILES string of the molecule is CCOc1ccc(N(CC)c2ccc(C=C3SC(=S)N(C)C3=O)cc2)cc1. The minimum Gasteiger partial charge on any atom is -0.494 e. The van der Waals surface area contributed by atoms with E-state index in [2.05, 4.69) is 36.1 Å². The van der Waals surface area contributed by atoms with Gasteiger partial charge in [-0.2, -0.15) is 0 Å². The van der Waals surface area contributed by atoms with Gasteiger partial charge in [-0.05, 0) is 61.9 Å². The number of hydrogen-bond donors (Lipinski definition) is 0. The van der Waals surface area contributed by atoms with E-state index in [0.29, 0.717) is 15.8 Å². The topological polar surface area (TPSA) is 32.8 Å². The Kier molecular flexibility index (Phi) is 6.19. The number of likely N-dealkylation sites (N-methyl/N-ethyl adjacent to an activating group) is 1. The lowest BCUT2D eigenvalue weighted by Gasteiger charge is -2.23. The number of carbonyl (C=O) groups is 1. The van der Waals surface area contributed by atoms with Crippen molar-refractivity contribution < 1.29 is 9.53 Å². The number of anilines is 2. The normalized spacial score (nSPS) is 15.5. The molecule has 0 spiro atoms. The predicted molar refractivity (Wildman–Crippen MR) is 118 cm³/mol. The molecule has 1 aliphatic heterocycles. The molecule has 0 N–H and O–H groups in total. The van der Waals surface area contributed by atoms with Crippen LogP contribution in [0.4, 0.5) is 11.4 Å². The zero-order valence-corrected chi connectivity index (χ0v) is 17.3. The number of amides is 1. The fraction of sp³-hybridized carbons (Fsp3) is 0.238. The van der Waals surface area contributed by atoms with Gasteiger partial charge in [0.15, 0.2) is 0 Å². The zero-order valence-electron chi connectivity index (χ0n) is 15.6. The fourth-order valence-electron chi connectivity index (χ4n) is 2.85. The van der Waals surface area contributed by atoms with Crippen molar-refractivity contribution in [3.63, 3.8) is 0 Å². The van der Waals surface area contributed by atoms with E-state index in [1.54, 1.807) is 7.05 Å². The van der Waals surface area contributed by atoms with Crippen molar-refractivity contribution in [1.29, 1.82) is 0 Å². The highest BCUT2D eigenvalue weighted by Crippen LogP contribution is 2.32. The number of carbonyl (C=O) groups excluding carboxylic acids is 1. The molecular weight excluding hydrogens is 376 g/mol. The van der Waals surface area contributed by atoms with E-state index in [-0.39, 0.29) is 5.91 Å². The summed E-state index contributed by atoms with van der Waals surface area (Å²) in [7, 11) is 1.71. The zero-order chi connectivity index (χ0) is 19.4. The van der Waals surface area contributed by atoms with Gasteiger partial charge in [-0.25, -0.2) is 0 Å². The molecule has 3 rings (SSSR count). The molecule has 0 bridgehead atoms. The van der Waals surface area contributed by atoms with Crippen LogP contribution in [-0.4, -0.2) is 35.3 Å². The highest BCUT2D eigenvalue weighted by molar-refractivity contribution is 8.26. The van der Waals surface area contributed by atoms with E-state index in [1.165, 1.54) is 16.7 Å². The number of thiocarbonyl (C=S) groups is 1. The molecule has 1 fully saturated rings. The van der Waals surface area contributed by atoms with Gasteiger partial charge >= 0.3 is 0 Å². The number of thioether (sulfide) groups is 1. The van der Waals surface area contributed by atoms with Crippen molar-refractivity contribution in [2.24, 2.45) is 0 Å². The van der Waals surface area contributed by atoms with Crippen molar-refractivity contribution in [2.45, 2.75) is 13.8 Å². The molecule has 0 aromatic heterocycles. The van der Waals surface area contributed by atoms with Crippen LogP contribution in [0.2, 0.25) is 0 Å². The molecular formula is C21H22N2O2S2. The first kappa shape index (κ1) is 19.5. The van der Waals surface area contributed by atoms with Crippen molar-refractivity contribution in [3.05, 3.63) is 59.0 Å². The van der Waals surface area contributed by atoms with Crippen molar-refractivity contribution in [2.75, 3.05) is 25.1 Å². The van der Waals surface area contributed by atoms with Gasteiger partial charge in [0.1, 0.15) is 10.1 Å². The Balaban J connectivity index is 1.79. The van der Waals surface area contributed by atoms with Crippen molar-refractivity contribution >= 4 is 51.7 Å². The van der Waals surface area contributed by atoms with Crippen LogP contribution < -0.4 is 9.64 Å². The molecule has 1 saturated heterocycles. The molecule has 4 nitrogen and oxygen atoms in total. The molecule has 0 radical (unpaired) electrons. The van der Waals surface area contributed by atoms with Crippen LogP contribution in [0.5, 0.6) is 5.75 Å². The third kappa shape index (κ3) is 4.34. The Bertz CT molecular complexity index is 861. The molecule has 1 aliphatic rings. The number of rotatable bonds is 6. The first-order valence-electron chi connectivity index (χ1n) is 8.85. The van der Waals surface area contributed by atoms with Gasteiger partial charge in [0.2, 0.25) is 0 Å². The molecule has 0 atom stereocenters. The Morgan fingerprint density at radius 1 is 1.07 bits per heavy atom. The predicted octanol–water partition coefficient (Wildman–Crippen LogP) is 5.07. The second-order valence-electron chi connectivity index (χ2n) is 6.00. The Morgan fingerprint density at radius 3 is 2.15 bits per heavy atom. The molecule has 6 heteroatoms. The second kappa shape index (κ2) is 8.59. The van der Waals surface area contributed by atoms with E-state index in [1.807, 2.05) is 37.3 Å². The Labute approximate surface area is 169 Å². The third-order valence-electron chi connectivity index (χ3n) is 4.26. The third-order valence-corrected chi connectivity index (χ3v) is 5.75. The van der Waals surface area contributed by atoms with Crippen LogP contribution in [0.3, 0.4) is 0 Å². The van der Waals surface area contributed by atoms with Gasteiger partial charge in [0.25, 0.3) is 5.91 Å². The smallest absolute Gasteiger partial charge is 0.265 e. The molecule has 2 aromatic rings. The summed E-state index contributed by atoms with van der Waals surface area (Å²) in [6.07, 6.45) is 1.89. The summed E-state index contributed by atoms with van der Waals surface area (Å²) in [4.78, 5) is 16.5. The summed E-state index contributed by atoms with van der Waals surface area (Å²) < 4.78 is 6.11. The average molecular weight is 399 g/mol. The molecule has 1 amide bonds. The van der Waals surface area contributed by atoms with Gasteiger partial charge in [-0.1, -0.05) is 36.1 Å². The monoisotopic (exact) mass is 398 g/mol. The van der Waals surface area contributed by atoms with E-state index >= 15 is 0 Å². The lowest BCUT2D eigenvalue weighted by molar-refractivity contribution is -0.121. The summed E-state index contributed by atoms with van der Waals surface area (Å²) >= 11 is 6.51. The van der Waals surface area contributed by atoms with Crippen LogP contribution in [0.25, 0.3) is 6.08 Å². The standard InChI is InChI=1S/C21H22N2O2S2/c1-4-23(17-10-12-18(13-11-17)25-5-2)16-8-6-15(7-9-16)14-19-20(24)22(3)21(26)27-19/h6-14H,4-5H2,1-3H3. The first-order chi connectivity index (χ1) is 13.0. The van der Waals surface area contributed by atoms with Gasteiger partial charge in [-0.15, -0.1) is 0 Å². The van der Waals surface area contributed by atoms with Crippen LogP contribution in [0.15, 0.2) is 53.4 Å². The van der Waals surface area contributed by atoms with Crippen LogP contribution in [0.1, 0.15) is 19.4 Å². The summed E-state index contributed by atoms with van der Waals surface area (Å²) in [6, 6.07) is 16.3. The number of benzene rings is 2. The fourth-order valence-corrected chi connectivity index (χ4v) is 4.03. The molecule has 140 valence electrons. The van der Waals surface area contributed by atoms with E-state index < -0.39 is 0 Å². The quantitative estimate of drug-likeness (QED) is 0.501. The van der Waals surface area contributed by atoms with Crippen LogP contribution >= 0.6 is 24.0 Å². The van der Waals surface area contributed by atoms with Gasteiger partial charge in [-0.3, -0.25) is 9.69 Å². The molecule has 2 aromatic carbocycles. The highest BCUT2D eigenvalue weighted by atomic mass is 32.2. The van der Waals surface area contributed by atoms with Crippen molar-refractivity contribution in [3.8, 4) is 5.75 Å². The second-order valence-corrected chi connectivity index (χ2v) is 7.68. The maximum absolute atomic E-state index is 12.1. The Hall–Kier alpha value is -2.31. The average Bonchev–Trinajstić information content (AvgIpc) is 2.92. The van der Waals surface area contributed by atoms with Gasteiger partial charge < -0.3 is 9.64 Å². The van der Waals surface area contributed by atoms with E-state index in [4.69, 9.17) is 17.0 Å². The minimum atomic E-state index is -0.0429. The molecule has 0 aliphatic carbocycles. The molecule has 1 heterocycles. The Morgan fingerprint density at radius 2 is 1.67 bits per heavy atom. The molecule has 0 unspecified atom stereocenters. The molecule has 27 heavy (non-hydrogen) atoms. The van der Waals surface area contributed by atoms with E-state index in [9.17, 15) is 4.79 Å². The number of hydrogen-bond acceptors (Lipinski definition) is 5. The largest absolute Gasteiger partial charge is 0.494 e. The summed E-state index contributed by atoms with van der Waals surface area (Å²) in [6.45, 7) is 5.61. The highest BCUT2D eigenvalue weighted by Gasteiger charge is 2.28. The minimum absolute atomic E-state index is 0.0429. The number of ether oxygens (including phenoxy) is 1. The van der Waals surface area contributed by atoms with Crippen LogP contribution in [0, 0.1) is 0 Å². The maximum Gasteiger partial charge on any atom is 0.265 e. The van der Waals surface area contributed by atoms with Crippen molar-refractivity contribution in [1.82, 2.24) is 4.90 Å². The summed E-state index contributed by atoms with van der Waals surface area (Å²) in [5.41, 5.74) is 3.19. The lowest BCUT2D eigenvalue weighted by atomic mass is 10.1. The summed E-state index contributed by atoms with van der Waals surface area (Å²) in [5.74, 6) is 0.833.